The number of fused-ring (bicyclic) bond motifs is 1. The Bertz CT molecular complexity index is 774. The number of carbonyl (C=O) groups is 2. The maximum atomic E-state index is 12.3. The Morgan fingerprint density at radius 3 is 2.32 bits per heavy atom. The Hall–Kier alpha value is -2.05. The smallest absolute Gasteiger partial charge is 0.309 e. The highest BCUT2D eigenvalue weighted by Gasteiger charge is 2.25. The van der Waals surface area contributed by atoms with Crippen molar-refractivity contribution >= 4 is 35.5 Å². The zero-order valence-electron chi connectivity index (χ0n) is 15.1. The lowest BCUT2D eigenvalue weighted by molar-refractivity contribution is 0.0956. The lowest BCUT2D eigenvalue weighted by Gasteiger charge is -2.31. The van der Waals surface area contributed by atoms with Gasteiger partial charge in [0.05, 0.1) is 0 Å². The van der Waals surface area contributed by atoms with Crippen LogP contribution in [0, 0.1) is 5.41 Å². The molecule has 0 fully saturated rings. The Morgan fingerprint density at radius 1 is 1.04 bits per heavy atom. The summed E-state index contributed by atoms with van der Waals surface area (Å²) in [5, 5.41) is 4.40. The molecular formula is C19H25N3O2S. The highest BCUT2D eigenvalue weighted by Crippen LogP contribution is 2.19. The quantitative estimate of drug-likeness (QED) is 0.804. The molecule has 134 valence electrons. The summed E-state index contributed by atoms with van der Waals surface area (Å²) in [6.45, 7) is 5.32. The lowest BCUT2D eigenvalue weighted by atomic mass is 9.93. The fourth-order valence-electron chi connectivity index (χ4n) is 2.95. The molecule has 2 aromatic rings. The molecule has 0 unspecified atom stereocenters. The van der Waals surface area contributed by atoms with Crippen molar-refractivity contribution in [2.75, 3.05) is 27.2 Å². The van der Waals surface area contributed by atoms with E-state index in [4.69, 9.17) is 0 Å². The van der Waals surface area contributed by atoms with Crippen molar-refractivity contribution in [2.45, 2.75) is 13.8 Å². The summed E-state index contributed by atoms with van der Waals surface area (Å²) in [4.78, 5) is 26.7. The predicted molar refractivity (Wildman–Crippen MR) is 105 cm³/mol. The summed E-state index contributed by atoms with van der Waals surface area (Å²) >= 11 is 4.24. The van der Waals surface area contributed by atoms with E-state index in [0.717, 1.165) is 17.3 Å². The van der Waals surface area contributed by atoms with Crippen molar-refractivity contribution in [1.82, 2.24) is 14.5 Å². The van der Waals surface area contributed by atoms with Gasteiger partial charge in [-0.3, -0.25) is 14.4 Å². The minimum atomic E-state index is -0.520. The second-order valence-corrected chi connectivity index (χ2v) is 7.76. The van der Waals surface area contributed by atoms with Gasteiger partial charge in [-0.15, -0.1) is 0 Å². The van der Waals surface area contributed by atoms with Crippen LogP contribution in [0.15, 0.2) is 42.5 Å². The van der Waals surface area contributed by atoms with Crippen molar-refractivity contribution in [3.8, 4) is 0 Å². The first kappa shape index (κ1) is 19.3. The fraction of sp³-hybridized carbons (Fsp3) is 0.368. The Labute approximate surface area is 154 Å². The van der Waals surface area contributed by atoms with Crippen LogP contribution >= 0.6 is 12.8 Å². The van der Waals surface area contributed by atoms with Gasteiger partial charge in [0.2, 0.25) is 0 Å². The van der Waals surface area contributed by atoms with Gasteiger partial charge in [-0.2, -0.15) is 0 Å². The molecule has 25 heavy (non-hydrogen) atoms. The molecule has 0 radical (unpaired) electrons. The largest absolute Gasteiger partial charge is 0.334 e. The molecule has 0 aliphatic rings. The van der Waals surface area contributed by atoms with E-state index in [9.17, 15) is 9.59 Å². The molecule has 3 amide bonds. The van der Waals surface area contributed by atoms with E-state index in [1.54, 1.807) is 12.1 Å². The molecule has 0 heterocycles. The maximum absolute atomic E-state index is 12.3. The van der Waals surface area contributed by atoms with E-state index in [1.165, 1.54) is 4.31 Å². The van der Waals surface area contributed by atoms with E-state index in [0.29, 0.717) is 12.1 Å². The summed E-state index contributed by atoms with van der Waals surface area (Å²) in [7, 11) is 3.96. The van der Waals surface area contributed by atoms with Crippen LogP contribution in [0.1, 0.15) is 24.2 Å². The molecule has 5 nitrogen and oxygen atoms in total. The van der Waals surface area contributed by atoms with Crippen LogP contribution in [0.5, 0.6) is 0 Å². The molecule has 6 heteroatoms. The van der Waals surface area contributed by atoms with Crippen LogP contribution in [0.3, 0.4) is 0 Å². The average Bonchev–Trinajstić information content (AvgIpc) is 2.52. The highest BCUT2D eigenvalue weighted by atomic mass is 32.1. The van der Waals surface area contributed by atoms with Crippen molar-refractivity contribution in [1.29, 1.82) is 0 Å². The molecule has 0 atom stereocenters. The third kappa shape index (κ3) is 5.47. The first-order chi connectivity index (χ1) is 11.7. The van der Waals surface area contributed by atoms with Crippen molar-refractivity contribution in [3.05, 3.63) is 48.0 Å². The summed E-state index contributed by atoms with van der Waals surface area (Å²) < 4.78 is 1.25. The maximum Gasteiger partial charge on any atom is 0.334 e. The van der Waals surface area contributed by atoms with Gasteiger partial charge in [-0.05, 0) is 42.4 Å². The first-order valence-electron chi connectivity index (χ1n) is 8.13. The standard InChI is InChI=1S/C19H25N3O2S/c1-19(2,12-21(3)4)13-22(25)18(24)20-17(23)16-10-9-14-7-5-6-8-15(14)11-16/h5-11,25H,12-13H2,1-4H3,(H,20,23,24). The summed E-state index contributed by atoms with van der Waals surface area (Å²) in [6.07, 6.45) is 0. The molecule has 0 saturated carbocycles. The molecule has 0 saturated heterocycles. The van der Waals surface area contributed by atoms with Gasteiger partial charge >= 0.3 is 6.03 Å². The van der Waals surface area contributed by atoms with E-state index < -0.39 is 11.9 Å². The Kier molecular flexibility index (Phi) is 6.08. The van der Waals surface area contributed by atoms with Crippen molar-refractivity contribution in [2.24, 2.45) is 5.41 Å². The van der Waals surface area contributed by atoms with Crippen LogP contribution < -0.4 is 5.32 Å². The van der Waals surface area contributed by atoms with Gasteiger partial charge in [-0.1, -0.05) is 57.0 Å². The van der Waals surface area contributed by atoms with E-state index in [1.807, 2.05) is 44.4 Å². The minimum Gasteiger partial charge on any atom is -0.309 e. The zero-order valence-corrected chi connectivity index (χ0v) is 16.0. The van der Waals surface area contributed by atoms with Gasteiger partial charge in [0, 0.05) is 18.7 Å². The molecule has 0 spiro atoms. The van der Waals surface area contributed by atoms with Crippen LogP contribution in [-0.2, 0) is 0 Å². The van der Waals surface area contributed by atoms with Crippen LogP contribution in [-0.4, -0.2) is 48.3 Å². The van der Waals surface area contributed by atoms with Gasteiger partial charge in [0.15, 0.2) is 0 Å². The van der Waals surface area contributed by atoms with Gasteiger partial charge in [0.1, 0.15) is 0 Å². The molecule has 0 aliphatic carbocycles. The number of urea groups is 1. The van der Waals surface area contributed by atoms with Crippen LogP contribution in [0.25, 0.3) is 10.8 Å². The summed E-state index contributed by atoms with van der Waals surface area (Å²) in [5.41, 5.74) is 0.301. The normalized spacial score (nSPS) is 11.6. The molecule has 2 rings (SSSR count). The number of nitrogens with zero attached hydrogens (tertiary/aromatic N) is 2. The number of thiol groups is 1. The monoisotopic (exact) mass is 359 g/mol. The summed E-state index contributed by atoms with van der Waals surface area (Å²) in [5.74, 6) is -0.430. The van der Waals surface area contributed by atoms with Crippen molar-refractivity contribution in [3.63, 3.8) is 0 Å². The topological polar surface area (TPSA) is 52.6 Å². The van der Waals surface area contributed by atoms with E-state index >= 15 is 0 Å². The SMILES string of the molecule is CN(C)CC(C)(C)CN(S)C(=O)NC(=O)c1ccc2ccccc2c1. The second-order valence-electron chi connectivity index (χ2n) is 7.28. The van der Waals surface area contributed by atoms with Crippen molar-refractivity contribution < 1.29 is 9.59 Å². The number of amides is 3. The van der Waals surface area contributed by atoms with E-state index in [2.05, 4.69) is 36.9 Å². The highest BCUT2D eigenvalue weighted by molar-refractivity contribution is 7.78. The molecule has 0 bridgehead atoms. The zero-order chi connectivity index (χ0) is 18.6. The molecule has 0 aliphatic heterocycles. The number of carbonyl (C=O) groups excluding carboxylic acids is 2. The first-order valence-corrected chi connectivity index (χ1v) is 8.53. The minimum absolute atomic E-state index is 0.144. The van der Waals surface area contributed by atoms with Crippen LogP contribution in [0.4, 0.5) is 4.79 Å². The van der Waals surface area contributed by atoms with Gasteiger partial charge < -0.3 is 4.90 Å². The molecular weight excluding hydrogens is 334 g/mol. The predicted octanol–water partition coefficient (Wildman–Crippen LogP) is 3.42. The Morgan fingerprint density at radius 2 is 1.68 bits per heavy atom. The van der Waals surface area contributed by atoms with Gasteiger partial charge in [0.25, 0.3) is 5.91 Å². The number of rotatable bonds is 5. The van der Waals surface area contributed by atoms with E-state index in [-0.39, 0.29) is 5.41 Å². The molecule has 2 aromatic carbocycles. The van der Waals surface area contributed by atoms with Gasteiger partial charge in [-0.25, -0.2) is 4.79 Å². The summed E-state index contributed by atoms with van der Waals surface area (Å²) in [6, 6.07) is 12.6. The molecule has 1 N–H and O–H groups in total. The number of imide groups is 1. The lowest BCUT2D eigenvalue weighted by Crippen LogP contribution is -2.44. The third-order valence-electron chi connectivity index (χ3n) is 3.79. The Balaban J connectivity index is 2.02. The average molecular weight is 359 g/mol. The second kappa shape index (κ2) is 7.89. The third-order valence-corrected chi connectivity index (χ3v) is 4.11. The fourth-order valence-corrected chi connectivity index (χ4v) is 3.38. The number of hydrogen-bond donors (Lipinski definition) is 2. The number of hydrogen-bond acceptors (Lipinski definition) is 4. The number of nitrogens with one attached hydrogen (secondary N) is 1. The van der Waals surface area contributed by atoms with Crippen LogP contribution in [0.2, 0.25) is 0 Å². The number of benzene rings is 2. The molecule has 0 aromatic heterocycles.